The fourth-order valence-electron chi connectivity index (χ4n) is 2.46. The number of hydrogen-bond donors (Lipinski definition) is 0. The molecular formula is C11H14F2O3S. The van der Waals surface area contributed by atoms with Gasteiger partial charge in [0.25, 0.3) is 0 Å². The maximum absolute atomic E-state index is 13.6. The van der Waals surface area contributed by atoms with Crippen LogP contribution in [-0.4, -0.2) is 27.3 Å². The Hall–Kier alpha value is -0.780. The van der Waals surface area contributed by atoms with Gasteiger partial charge >= 0.3 is 11.2 Å². The minimum absolute atomic E-state index is 0.0823. The normalized spacial score (nSPS) is 32.8. The molecule has 2 rings (SSSR count). The summed E-state index contributed by atoms with van der Waals surface area (Å²) in [5, 5.41) is -4.51. The Balaban J connectivity index is 2.09. The van der Waals surface area contributed by atoms with E-state index in [-0.39, 0.29) is 18.4 Å². The molecule has 2 aliphatic rings. The quantitative estimate of drug-likeness (QED) is 0.575. The van der Waals surface area contributed by atoms with Gasteiger partial charge in [-0.3, -0.25) is 4.21 Å². The molecule has 4 atom stereocenters. The smallest absolute Gasteiger partial charge is 0.416 e. The highest BCUT2D eigenvalue weighted by molar-refractivity contribution is 7.87. The fraction of sp³-hybridized carbons (Fsp3) is 0.727. The van der Waals surface area contributed by atoms with Crippen LogP contribution in [0.4, 0.5) is 8.78 Å². The van der Waals surface area contributed by atoms with Crippen LogP contribution >= 0.6 is 0 Å². The summed E-state index contributed by atoms with van der Waals surface area (Å²) in [7, 11) is -2.50. The van der Waals surface area contributed by atoms with E-state index in [2.05, 4.69) is 4.74 Å². The molecule has 2 aliphatic carbocycles. The first kappa shape index (κ1) is 12.7. The van der Waals surface area contributed by atoms with E-state index in [4.69, 9.17) is 0 Å². The molecule has 17 heavy (non-hydrogen) atoms. The first-order chi connectivity index (χ1) is 7.96. The van der Waals surface area contributed by atoms with Crippen LogP contribution in [-0.2, 0) is 20.3 Å². The van der Waals surface area contributed by atoms with E-state index in [0.29, 0.717) is 6.42 Å². The van der Waals surface area contributed by atoms with Crippen LogP contribution < -0.4 is 0 Å². The van der Waals surface area contributed by atoms with Gasteiger partial charge in [-0.1, -0.05) is 12.2 Å². The Kier molecular flexibility index (Phi) is 3.34. The standard InChI is InChI=1S/C11H14F2O3S/c1-2-16-10(14)11(12,13)17(15)9-6-7-3-4-8(9)5-7/h3-4,7-9H,2,5-6H2,1H3/t7-,8+,9-,17?/m0/s1. The Labute approximate surface area is 101 Å². The highest BCUT2D eigenvalue weighted by Gasteiger charge is 2.54. The lowest BCUT2D eigenvalue weighted by Gasteiger charge is -2.22. The highest BCUT2D eigenvalue weighted by Crippen LogP contribution is 2.44. The van der Waals surface area contributed by atoms with Gasteiger partial charge in [-0.2, -0.15) is 8.78 Å². The topological polar surface area (TPSA) is 43.4 Å². The number of esters is 1. The number of carbonyl (C=O) groups is 1. The molecule has 96 valence electrons. The van der Waals surface area contributed by atoms with E-state index in [1.165, 1.54) is 6.92 Å². The molecule has 1 unspecified atom stereocenters. The lowest BCUT2D eigenvalue weighted by Crippen LogP contribution is -2.41. The van der Waals surface area contributed by atoms with Crippen molar-refractivity contribution in [3.63, 3.8) is 0 Å². The third kappa shape index (κ3) is 2.14. The molecule has 6 heteroatoms. The predicted molar refractivity (Wildman–Crippen MR) is 58.9 cm³/mol. The van der Waals surface area contributed by atoms with Crippen molar-refractivity contribution in [2.45, 2.75) is 30.3 Å². The third-order valence-electron chi connectivity index (χ3n) is 3.26. The number of fused-ring (bicyclic) bond motifs is 2. The summed E-state index contributed by atoms with van der Waals surface area (Å²) >= 11 is 0. The number of ether oxygens (including phenoxy) is 1. The lowest BCUT2D eigenvalue weighted by atomic mass is 10.1. The van der Waals surface area contributed by atoms with Gasteiger partial charge in [0, 0.05) is 5.25 Å². The summed E-state index contributed by atoms with van der Waals surface area (Å²) in [6.45, 7) is 1.30. The van der Waals surface area contributed by atoms with Gasteiger partial charge in [0.05, 0.1) is 6.61 Å². The lowest BCUT2D eigenvalue weighted by molar-refractivity contribution is -0.160. The van der Waals surface area contributed by atoms with E-state index in [1.807, 2.05) is 12.2 Å². The summed E-state index contributed by atoms with van der Waals surface area (Å²) in [6, 6.07) is 0. The number of allylic oxidation sites excluding steroid dienone is 2. The zero-order valence-electron chi connectivity index (χ0n) is 9.40. The van der Waals surface area contributed by atoms with Crippen molar-refractivity contribution >= 4 is 16.8 Å². The zero-order chi connectivity index (χ0) is 12.6. The Morgan fingerprint density at radius 1 is 1.47 bits per heavy atom. The second-order valence-electron chi connectivity index (χ2n) is 4.35. The minimum atomic E-state index is -3.89. The summed E-state index contributed by atoms with van der Waals surface area (Å²) < 4.78 is 43.2. The second kappa shape index (κ2) is 4.48. The van der Waals surface area contributed by atoms with Gasteiger partial charge < -0.3 is 4.74 Å². The first-order valence-corrected chi connectivity index (χ1v) is 6.82. The third-order valence-corrected chi connectivity index (χ3v) is 5.02. The van der Waals surface area contributed by atoms with Crippen molar-refractivity contribution in [1.82, 2.24) is 0 Å². The van der Waals surface area contributed by atoms with Crippen LogP contribution in [0.1, 0.15) is 19.8 Å². The molecule has 0 aromatic rings. The molecule has 0 saturated heterocycles. The monoisotopic (exact) mass is 264 g/mol. The molecule has 0 aliphatic heterocycles. The Bertz CT molecular complexity index is 381. The van der Waals surface area contributed by atoms with Gasteiger partial charge in [0.2, 0.25) is 0 Å². The molecule has 0 spiro atoms. The summed E-state index contributed by atoms with van der Waals surface area (Å²) in [5.41, 5.74) is 0. The van der Waals surface area contributed by atoms with Crippen molar-refractivity contribution in [2.75, 3.05) is 6.61 Å². The molecule has 0 aromatic carbocycles. The SMILES string of the molecule is CCOC(=O)C(F)(F)S(=O)[C@H]1C[C@H]2C=C[C@@H]1C2. The van der Waals surface area contributed by atoms with Gasteiger partial charge in [0.1, 0.15) is 10.8 Å². The average Bonchev–Trinajstić information content (AvgIpc) is 2.89. The van der Waals surface area contributed by atoms with Crippen LogP contribution in [0.5, 0.6) is 0 Å². The van der Waals surface area contributed by atoms with Crippen molar-refractivity contribution in [2.24, 2.45) is 11.8 Å². The van der Waals surface area contributed by atoms with Crippen LogP contribution in [0.3, 0.4) is 0 Å². The molecular weight excluding hydrogens is 250 g/mol. The van der Waals surface area contributed by atoms with E-state index in [9.17, 15) is 17.8 Å². The molecule has 3 nitrogen and oxygen atoms in total. The van der Waals surface area contributed by atoms with Gasteiger partial charge in [-0.25, -0.2) is 4.79 Å². The molecule has 0 heterocycles. The van der Waals surface area contributed by atoms with E-state index in [1.54, 1.807) is 0 Å². The number of alkyl halides is 2. The van der Waals surface area contributed by atoms with Gasteiger partial charge in [0.15, 0.2) is 0 Å². The minimum Gasteiger partial charge on any atom is -0.461 e. The van der Waals surface area contributed by atoms with Crippen LogP contribution in [0.25, 0.3) is 0 Å². The van der Waals surface area contributed by atoms with Crippen molar-refractivity contribution < 1.29 is 22.5 Å². The number of halogens is 2. The van der Waals surface area contributed by atoms with Crippen LogP contribution in [0, 0.1) is 11.8 Å². The first-order valence-electron chi connectivity index (χ1n) is 5.60. The van der Waals surface area contributed by atoms with Crippen molar-refractivity contribution in [1.29, 1.82) is 0 Å². The van der Waals surface area contributed by atoms with E-state index < -0.39 is 27.3 Å². The molecule has 2 bridgehead atoms. The van der Waals surface area contributed by atoms with Crippen LogP contribution in [0.15, 0.2) is 12.2 Å². The van der Waals surface area contributed by atoms with Crippen LogP contribution in [0.2, 0.25) is 0 Å². The van der Waals surface area contributed by atoms with Crippen molar-refractivity contribution in [3.05, 3.63) is 12.2 Å². The van der Waals surface area contributed by atoms with E-state index >= 15 is 0 Å². The maximum atomic E-state index is 13.6. The largest absolute Gasteiger partial charge is 0.461 e. The fourth-order valence-corrected chi connectivity index (χ4v) is 4.01. The van der Waals surface area contributed by atoms with Gasteiger partial charge in [-0.15, -0.1) is 0 Å². The average molecular weight is 264 g/mol. The van der Waals surface area contributed by atoms with Gasteiger partial charge in [-0.05, 0) is 31.6 Å². The second-order valence-corrected chi connectivity index (χ2v) is 6.07. The number of hydrogen-bond acceptors (Lipinski definition) is 3. The summed E-state index contributed by atoms with van der Waals surface area (Å²) in [5.74, 6) is -1.52. The Morgan fingerprint density at radius 2 is 2.18 bits per heavy atom. The molecule has 0 amide bonds. The zero-order valence-corrected chi connectivity index (χ0v) is 10.2. The molecule has 0 radical (unpaired) electrons. The number of rotatable bonds is 4. The number of carbonyl (C=O) groups excluding carboxylic acids is 1. The Morgan fingerprint density at radius 3 is 2.65 bits per heavy atom. The summed E-state index contributed by atoms with van der Waals surface area (Å²) in [4.78, 5) is 11.1. The molecule has 0 N–H and O–H groups in total. The molecule has 1 fully saturated rings. The predicted octanol–water partition coefficient (Wildman–Crippen LogP) is 1.86. The van der Waals surface area contributed by atoms with Crippen molar-refractivity contribution in [3.8, 4) is 0 Å². The molecule has 1 saturated carbocycles. The molecule has 0 aromatic heterocycles. The summed E-state index contributed by atoms with van der Waals surface area (Å²) in [6.07, 6.45) is 5.05. The maximum Gasteiger partial charge on any atom is 0.416 e. The van der Waals surface area contributed by atoms with E-state index in [0.717, 1.165) is 6.42 Å². The highest BCUT2D eigenvalue weighted by atomic mass is 32.2.